The highest BCUT2D eigenvalue weighted by molar-refractivity contribution is 5.86. The zero-order valence-electron chi connectivity index (χ0n) is 21.9. The standard InChI is InChI=1S/C25H48O10/c1-4-5-6-7-27-8-9-28-10-11-29-12-13-30-14-15-31-16-17-32-18-19-33-20-21-34-22-23-35-25(26)24(2)3/h2,4-23H2,1,3H3. The first-order chi connectivity index (χ1) is 17.2. The third-order valence-electron chi connectivity index (χ3n) is 4.31. The fourth-order valence-corrected chi connectivity index (χ4v) is 2.41. The van der Waals surface area contributed by atoms with Crippen molar-refractivity contribution in [2.24, 2.45) is 0 Å². The maximum atomic E-state index is 11.1. The molecule has 0 atom stereocenters. The highest BCUT2D eigenvalue weighted by atomic mass is 16.6. The van der Waals surface area contributed by atoms with Gasteiger partial charge in [0.25, 0.3) is 0 Å². The lowest BCUT2D eigenvalue weighted by Crippen LogP contribution is -2.15. The topological polar surface area (TPSA) is 100 Å². The summed E-state index contributed by atoms with van der Waals surface area (Å²) in [5, 5.41) is 0. The Morgan fingerprint density at radius 1 is 0.486 bits per heavy atom. The highest BCUT2D eigenvalue weighted by Gasteiger charge is 2.01. The quantitative estimate of drug-likeness (QED) is 0.0851. The SMILES string of the molecule is C=C(C)C(=O)OCCOCCOCCOCCOCCOCCOCCOCCOCCCCC. The minimum atomic E-state index is -0.407. The number of hydrogen-bond acceptors (Lipinski definition) is 10. The van der Waals surface area contributed by atoms with Gasteiger partial charge in [-0.25, -0.2) is 4.79 Å². The van der Waals surface area contributed by atoms with E-state index in [1.807, 2.05) is 0 Å². The van der Waals surface area contributed by atoms with Gasteiger partial charge in [0.15, 0.2) is 0 Å². The first-order valence-electron chi connectivity index (χ1n) is 12.6. The summed E-state index contributed by atoms with van der Waals surface area (Å²) in [6, 6.07) is 0. The van der Waals surface area contributed by atoms with Crippen LogP contribution in [0.4, 0.5) is 0 Å². The second-order valence-electron chi connectivity index (χ2n) is 7.52. The molecule has 0 amide bonds. The van der Waals surface area contributed by atoms with Crippen LogP contribution in [-0.2, 0) is 47.4 Å². The van der Waals surface area contributed by atoms with Crippen molar-refractivity contribution in [2.45, 2.75) is 33.1 Å². The van der Waals surface area contributed by atoms with Gasteiger partial charge >= 0.3 is 5.97 Å². The number of esters is 1. The molecule has 10 nitrogen and oxygen atoms in total. The van der Waals surface area contributed by atoms with Crippen LogP contribution in [0.25, 0.3) is 0 Å². The van der Waals surface area contributed by atoms with Crippen molar-refractivity contribution < 1.29 is 47.4 Å². The molecule has 0 spiro atoms. The molecule has 10 heteroatoms. The Morgan fingerprint density at radius 2 is 0.771 bits per heavy atom. The first-order valence-corrected chi connectivity index (χ1v) is 12.6. The van der Waals surface area contributed by atoms with E-state index in [4.69, 9.17) is 42.6 Å². The summed E-state index contributed by atoms with van der Waals surface area (Å²) < 4.78 is 48.2. The summed E-state index contributed by atoms with van der Waals surface area (Å²) in [6.45, 7) is 16.0. The van der Waals surface area contributed by atoms with E-state index in [9.17, 15) is 4.79 Å². The number of carbonyl (C=O) groups excluding carboxylic acids is 1. The molecule has 0 aromatic carbocycles. The lowest BCUT2D eigenvalue weighted by molar-refractivity contribution is -0.140. The lowest BCUT2D eigenvalue weighted by Gasteiger charge is -2.09. The van der Waals surface area contributed by atoms with Crippen LogP contribution in [-0.4, -0.2) is 118 Å². The Labute approximate surface area is 211 Å². The van der Waals surface area contributed by atoms with E-state index in [1.165, 1.54) is 12.8 Å². The Bertz CT molecular complexity index is 462. The van der Waals surface area contributed by atoms with E-state index in [2.05, 4.69) is 13.5 Å². The van der Waals surface area contributed by atoms with Gasteiger partial charge in [-0.3, -0.25) is 0 Å². The van der Waals surface area contributed by atoms with E-state index in [1.54, 1.807) is 6.92 Å². The molecule has 0 aromatic heterocycles. The van der Waals surface area contributed by atoms with Gasteiger partial charge in [-0.1, -0.05) is 26.3 Å². The third kappa shape index (κ3) is 29.0. The molecular weight excluding hydrogens is 460 g/mol. The minimum Gasteiger partial charge on any atom is -0.460 e. The molecule has 0 rings (SSSR count). The minimum absolute atomic E-state index is 0.207. The third-order valence-corrected chi connectivity index (χ3v) is 4.31. The van der Waals surface area contributed by atoms with E-state index >= 15 is 0 Å². The first kappa shape index (κ1) is 33.9. The number of ether oxygens (including phenoxy) is 9. The van der Waals surface area contributed by atoms with E-state index in [0.29, 0.717) is 105 Å². The number of unbranched alkanes of at least 4 members (excludes halogenated alkanes) is 2. The maximum Gasteiger partial charge on any atom is 0.333 e. The summed E-state index contributed by atoms with van der Waals surface area (Å²) in [4.78, 5) is 11.1. The Balaban J connectivity index is 3.05. The van der Waals surface area contributed by atoms with Crippen LogP contribution in [0.3, 0.4) is 0 Å². The molecule has 0 aromatic rings. The molecule has 0 heterocycles. The van der Waals surface area contributed by atoms with Crippen LogP contribution in [0.1, 0.15) is 33.1 Å². The van der Waals surface area contributed by atoms with Gasteiger partial charge in [-0.2, -0.15) is 0 Å². The van der Waals surface area contributed by atoms with Crippen LogP contribution in [0, 0.1) is 0 Å². The van der Waals surface area contributed by atoms with Gasteiger partial charge < -0.3 is 42.6 Å². The molecule has 0 fully saturated rings. The van der Waals surface area contributed by atoms with Crippen molar-refractivity contribution in [1.29, 1.82) is 0 Å². The summed E-state index contributed by atoms with van der Waals surface area (Å²) in [7, 11) is 0. The van der Waals surface area contributed by atoms with Crippen molar-refractivity contribution >= 4 is 5.97 Å². The molecule has 0 bridgehead atoms. The molecule has 0 saturated heterocycles. The van der Waals surface area contributed by atoms with E-state index in [0.717, 1.165) is 13.0 Å². The number of rotatable bonds is 29. The van der Waals surface area contributed by atoms with Gasteiger partial charge in [-0.05, 0) is 13.3 Å². The lowest BCUT2D eigenvalue weighted by atomic mass is 10.3. The predicted molar refractivity (Wildman–Crippen MR) is 132 cm³/mol. The van der Waals surface area contributed by atoms with Gasteiger partial charge in [0.2, 0.25) is 0 Å². The number of hydrogen-bond donors (Lipinski definition) is 0. The predicted octanol–water partition coefficient (Wildman–Crippen LogP) is 2.43. The molecule has 0 aliphatic carbocycles. The summed E-state index contributed by atoms with van der Waals surface area (Å²) in [5.41, 5.74) is 0.375. The van der Waals surface area contributed by atoms with Crippen molar-refractivity contribution in [3.8, 4) is 0 Å². The average molecular weight is 509 g/mol. The molecule has 35 heavy (non-hydrogen) atoms. The van der Waals surface area contributed by atoms with Crippen LogP contribution < -0.4 is 0 Å². The maximum absolute atomic E-state index is 11.1. The van der Waals surface area contributed by atoms with Gasteiger partial charge in [0, 0.05) is 12.2 Å². The second kappa shape index (κ2) is 29.1. The Hall–Kier alpha value is -1.11. The van der Waals surface area contributed by atoms with Crippen molar-refractivity contribution in [2.75, 3.05) is 112 Å². The molecule has 0 saturated carbocycles. The average Bonchev–Trinajstić information content (AvgIpc) is 2.85. The van der Waals surface area contributed by atoms with E-state index < -0.39 is 5.97 Å². The fraction of sp³-hybridized carbons (Fsp3) is 0.880. The molecule has 0 unspecified atom stereocenters. The smallest absolute Gasteiger partial charge is 0.333 e. The molecule has 208 valence electrons. The zero-order chi connectivity index (χ0) is 25.7. The largest absolute Gasteiger partial charge is 0.460 e. The number of carbonyl (C=O) groups is 1. The fourth-order valence-electron chi connectivity index (χ4n) is 2.41. The van der Waals surface area contributed by atoms with Crippen LogP contribution in [0.5, 0.6) is 0 Å². The van der Waals surface area contributed by atoms with Gasteiger partial charge in [0.1, 0.15) is 6.61 Å². The summed E-state index contributed by atoms with van der Waals surface area (Å²) in [6.07, 6.45) is 3.54. The van der Waals surface area contributed by atoms with Gasteiger partial charge in [-0.15, -0.1) is 0 Å². The van der Waals surface area contributed by atoms with E-state index in [-0.39, 0.29) is 6.61 Å². The highest BCUT2D eigenvalue weighted by Crippen LogP contribution is 1.94. The summed E-state index contributed by atoms with van der Waals surface area (Å²) in [5.74, 6) is -0.407. The summed E-state index contributed by atoms with van der Waals surface area (Å²) >= 11 is 0. The van der Waals surface area contributed by atoms with Crippen molar-refractivity contribution in [3.05, 3.63) is 12.2 Å². The van der Waals surface area contributed by atoms with Crippen LogP contribution >= 0.6 is 0 Å². The van der Waals surface area contributed by atoms with Crippen LogP contribution in [0.2, 0.25) is 0 Å². The Morgan fingerprint density at radius 3 is 1.06 bits per heavy atom. The zero-order valence-corrected chi connectivity index (χ0v) is 21.9. The molecule has 0 N–H and O–H groups in total. The van der Waals surface area contributed by atoms with Crippen molar-refractivity contribution in [1.82, 2.24) is 0 Å². The molecular formula is C25H48O10. The second-order valence-corrected chi connectivity index (χ2v) is 7.52. The molecule has 0 aliphatic rings. The Kier molecular flexibility index (Phi) is 28.2. The molecule has 0 radical (unpaired) electrons. The van der Waals surface area contributed by atoms with Crippen LogP contribution in [0.15, 0.2) is 12.2 Å². The molecule has 0 aliphatic heterocycles. The normalized spacial score (nSPS) is 11.1. The van der Waals surface area contributed by atoms with Gasteiger partial charge in [0.05, 0.1) is 99.1 Å². The monoisotopic (exact) mass is 508 g/mol. The van der Waals surface area contributed by atoms with Crippen molar-refractivity contribution in [3.63, 3.8) is 0 Å².